The Hall–Kier alpha value is -2.05. The summed E-state index contributed by atoms with van der Waals surface area (Å²) in [5.41, 5.74) is -1.12. The van der Waals surface area contributed by atoms with Crippen LogP contribution in [0.5, 0.6) is 0 Å². The van der Waals surface area contributed by atoms with Crippen LogP contribution in [0.25, 0.3) is 0 Å². The molecule has 1 N–H and O–H groups in total. The molecule has 1 heterocycles. The van der Waals surface area contributed by atoms with Crippen molar-refractivity contribution in [3.8, 4) is 0 Å². The van der Waals surface area contributed by atoms with Crippen LogP contribution in [-0.2, 0) is 15.8 Å². The lowest BCUT2D eigenvalue weighted by atomic mass is 9.97. The SMILES string of the molecule is CC(=O)N1CCCC(C(=O)Nc2ccccc2C(F)(F)F)C1. The molecule has 0 bridgehead atoms. The highest BCUT2D eigenvalue weighted by molar-refractivity contribution is 5.94. The van der Waals surface area contributed by atoms with Crippen molar-refractivity contribution in [2.75, 3.05) is 18.4 Å². The second kappa shape index (κ2) is 6.37. The van der Waals surface area contributed by atoms with Gasteiger partial charge in [-0.15, -0.1) is 0 Å². The number of piperidine rings is 1. The van der Waals surface area contributed by atoms with Gasteiger partial charge in [0.25, 0.3) is 0 Å². The van der Waals surface area contributed by atoms with Gasteiger partial charge >= 0.3 is 6.18 Å². The van der Waals surface area contributed by atoms with Crippen molar-refractivity contribution >= 4 is 17.5 Å². The molecule has 2 amide bonds. The quantitative estimate of drug-likeness (QED) is 0.912. The van der Waals surface area contributed by atoms with Crippen LogP contribution >= 0.6 is 0 Å². The molecule has 0 aliphatic carbocycles. The summed E-state index contributed by atoms with van der Waals surface area (Å²) in [4.78, 5) is 25.1. The normalized spacial score (nSPS) is 18.9. The van der Waals surface area contributed by atoms with E-state index in [0.717, 1.165) is 6.07 Å². The van der Waals surface area contributed by atoms with Crippen LogP contribution in [0.3, 0.4) is 0 Å². The van der Waals surface area contributed by atoms with Crippen molar-refractivity contribution in [3.05, 3.63) is 29.8 Å². The molecule has 120 valence electrons. The van der Waals surface area contributed by atoms with Crippen LogP contribution in [0, 0.1) is 5.92 Å². The molecule has 0 saturated carbocycles. The Bertz CT molecular complexity index is 572. The fraction of sp³-hybridized carbons (Fsp3) is 0.467. The molecular weight excluding hydrogens is 297 g/mol. The molecule has 1 saturated heterocycles. The third-order valence-electron chi connectivity index (χ3n) is 3.73. The zero-order valence-corrected chi connectivity index (χ0v) is 12.1. The van der Waals surface area contributed by atoms with Gasteiger partial charge in [-0.2, -0.15) is 13.2 Å². The number of amides is 2. The van der Waals surface area contributed by atoms with Crippen LogP contribution in [0.2, 0.25) is 0 Å². The lowest BCUT2D eigenvalue weighted by molar-refractivity contribution is -0.137. The van der Waals surface area contributed by atoms with Crippen molar-refractivity contribution in [2.45, 2.75) is 25.9 Å². The summed E-state index contributed by atoms with van der Waals surface area (Å²) in [7, 11) is 0. The lowest BCUT2D eigenvalue weighted by Gasteiger charge is -2.31. The number of hydrogen-bond acceptors (Lipinski definition) is 2. The maximum Gasteiger partial charge on any atom is 0.418 e. The van der Waals surface area contributed by atoms with E-state index >= 15 is 0 Å². The second-order valence-corrected chi connectivity index (χ2v) is 5.34. The van der Waals surface area contributed by atoms with E-state index in [1.165, 1.54) is 25.1 Å². The number of carbonyl (C=O) groups is 2. The van der Waals surface area contributed by atoms with E-state index in [0.29, 0.717) is 19.4 Å². The number of alkyl halides is 3. The van der Waals surface area contributed by atoms with Crippen LogP contribution in [0.15, 0.2) is 24.3 Å². The number of para-hydroxylation sites is 1. The topological polar surface area (TPSA) is 49.4 Å². The summed E-state index contributed by atoms with van der Waals surface area (Å²) in [6.45, 7) is 2.24. The predicted molar refractivity (Wildman–Crippen MR) is 75.1 cm³/mol. The number of nitrogens with zero attached hydrogens (tertiary/aromatic N) is 1. The van der Waals surface area contributed by atoms with Gasteiger partial charge in [0.05, 0.1) is 17.2 Å². The van der Waals surface area contributed by atoms with Gasteiger partial charge in [0.2, 0.25) is 11.8 Å². The highest BCUT2D eigenvalue weighted by Gasteiger charge is 2.34. The van der Waals surface area contributed by atoms with E-state index < -0.39 is 23.6 Å². The smallest absolute Gasteiger partial charge is 0.342 e. The summed E-state index contributed by atoms with van der Waals surface area (Å²) in [5, 5.41) is 2.35. The molecule has 1 aromatic carbocycles. The second-order valence-electron chi connectivity index (χ2n) is 5.34. The minimum absolute atomic E-state index is 0.131. The molecule has 4 nitrogen and oxygen atoms in total. The van der Waals surface area contributed by atoms with Crippen LogP contribution in [-0.4, -0.2) is 29.8 Å². The van der Waals surface area contributed by atoms with E-state index in [-0.39, 0.29) is 18.1 Å². The summed E-state index contributed by atoms with van der Waals surface area (Å²) < 4.78 is 38.7. The molecule has 1 atom stereocenters. The van der Waals surface area contributed by atoms with Crippen molar-refractivity contribution < 1.29 is 22.8 Å². The summed E-state index contributed by atoms with van der Waals surface area (Å²) in [6, 6.07) is 4.87. The Morgan fingerprint density at radius 1 is 1.27 bits per heavy atom. The Kier molecular flexibility index (Phi) is 4.73. The van der Waals surface area contributed by atoms with E-state index in [4.69, 9.17) is 0 Å². The van der Waals surface area contributed by atoms with Crippen molar-refractivity contribution in [3.63, 3.8) is 0 Å². The fourth-order valence-electron chi connectivity index (χ4n) is 2.55. The highest BCUT2D eigenvalue weighted by atomic mass is 19.4. The van der Waals surface area contributed by atoms with E-state index in [1.807, 2.05) is 0 Å². The number of anilines is 1. The van der Waals surface area contributed by atoms with Crippen molar-refractivity contribution in [2.24, 2.45) is 5.92 Å². The molecule has 22 heavy (non-hydrogen) atoms. The number of rotatable bonds is 2. The first kappa shape index (κ1) is 16.3. The molecule has 0 spiro atoms. The maximum absolute atomic E-state index is 12.9. The third kappa shape index (κ3) is 3.78. The zero-order chi connectivity index (χ0) is 16.3. The molecule has 1 unspecified atom stereocenters. The monoisotopic (exact) mass is 314 g/mol. The molecule has 1 aliphatic heterocycles. The number of nitrogens with one attached hydrogen (secondary N) is 1. The molecule has 1 aliphatic rings. The van der Waals surface area contributed by atoms with Crippen molar-refractivity contribution in [1.29, 1.82) is 0 Å². The number of benzene rings is 1. The van der Waals surface area contributed by atoms with Gasteiger partial charge in [0.1, 0.15) is 0 Å². The Balaban J connectivity index is 2.11. The number of halogens is 3. The maximum atomic E-state index is 12.9. The van der Waals surface area contributed by atoms with Gasteiger partial charge in [0, 0.05) is 20.0 Å². The number of hydrogen-bond donors (Lipinski definition) is 1. The summed E-state index contributed by atoms with van der Waals surface area (Å²) in [5.74, 6) is -1.10. The van der Waals surface area contributed by atoms with E-state index in [1.54, 1.807) is 4.90 Å². The highest BCUT2D eigenvalue weighted by Crippen LogP contribution is 2.34. The Morgan fingerprint density at radius 3 is 2.59 bits per heavy atom. The Morgan fingerprint density at radius 2 is 1.95 bits per heavy atom. The van der Waals surface area contributed by atoms with Crippen LogP contribution in [0.4, 0.5) is 18.9 Å². The van der Waals surface area contributed by atoms with Crippen molar-refractivity contribution in [1.82, 2.24) is 4.90 Å². The van der Waals surface area contributed by atoms with Crippen LogP contribution in [0.1, 0.15) is 25.3 Å². The molecule has 0 radical (unpaired) electrons. The minimum atomic E-state index is -4.53. The lowest BCUT2D eigenvalue weighted by Crippen LogP contribution is -2.42. The average molecular weight is 314 g/mol. The average Bonchev–Trinajstić information content (AvgIpc) is 2.46. The molecule has 7 heteroatoms. The first-order chi connectivity index (χ1) is 10.3. The largest absolute Gasteiger partial charge is 0.418 e. The van der Waals surface area contributed by atoms with Gasteiger partial charge in [0.15, 0.2) is 0 Å². The molecule has 2 rings (SSSR count). The molecule has 1 fully saturated rings. The van der Waals surface area contributed by atoms with Gasteiger partial charge in [-0.05, 0) is 25.0 Å². The van der Waals surface area contributed by atoms with E-state index in [9.17, 15) is 22.8 Å². The zero-order valence-electron chi connectivity index (χ0n) is 12.1. The number of carbonyl (C=O) groups excluding carboxylic acids is 2. The fourth-order valence-corrected chi connectivity index (χ4v) is 2.55. The molecule has 0 aromatic heterocycles. The summed E-state index contributed by atoms with van der Waals surface area (Å²) >= 11 is 0. The Labute approximate surface area is 126 Å². The first-order valence-corrected chi connectivity index (χ1v) is 7.01. The summed E-state index contributed by atoms with van der Waals surface area (Å²) in [6.07, 6.45) is -3.30. The first-order valence-electron chi connectivity index (χ1n) is 7.01. The molecular formula is C15H17F3N2O2. The predicted octanol–water partition coefficient (Wildman–Crippen LogP) is 2.90. The van der Waals surface area contributed by atoms with E-state index in [2.05, 4.69) is 5.32 Å². The number of likely N-dealkylation sites (tertiary alicyclic amines) is 1. The molecule has 1 aromatic rings. The minimum Gasteiger partial charge on any atom is -0.342 e. The van der Waals surface area contributed by atoms with Gasteiger partial charge in [-0.3, -0.25) is 9.59 Å². The van der Waals surface area contributed by atoms with Gasteiger partial charge in [-0.25, -0.2) is 0 Å². The van der Waals surface area contributed by atoms with Gasteiger partial charge < -0.3 is 10.2 Å². The van der Waals surface area contributed by atoms with Crippen LogP contribution < -0.4 is 5.32 Å². The third-order valence-corrected chi connectivity index (χ3v) is 3.73. The standard InChI is InChI=1S/C15H17F3N2O2/c1-10(21)20-8-4-5-11(9-20)14(22)19-13-7-3-2-6-12(13)15(16,17)18/h2-3,6-7,11H,4-5,8-9H2,1H3,(H,19,22). The van der Waals surface area contributed by atoms with Gasteiger partial charge in [-0.1, -0.05) is 12.1 Å².